The predicted molar refractivity (Wildman–Crippen MR) is 111 cm³/mol. The van der Waals surface area contributed by atoms with E-state index >= 15 is 4.39 Å². The number of alkyl halides is 2. The first-order valence-corrected chi connectivity index (χ1v) is 10.4. The molecule has 1 radical (unpaired) electrons. The predicted octanol–water partition coefficient (Wildman–Crippen LogP) is 8.09. The summed E-state index contributed by atoms with van der Waals surface area (Å²) in [6.45, 7) is 3.54. The van der Waals surface area contributed by atoms with Crippen molar-refractivity contribution in [2.45, 2.75) is 45.6 Å². The topological polar surface area (TPSA) is 29.1 Å². The van der Waals surface area contributed by atoms with Crippen molar-refractivity contribution in [3.63, 3.8) is 0 Å². The number of hydrogen-bond acceptors (Lipinski definition) is 1. The van der Waals surface area contributed by atoms with Crippen LogP contribution in [0, 0.1) is 23.3 Å². The molecule has 2 nitrogen and oxygen atoms in total. The molecule has 0 heterocycles. The highest BCUT2D eigenvalue weighted by molar-refractivity contribution is 5.73. The van der Waals surface area contributed by atoms with Crippen LogP contribution in [-0.4, -0.2) is 0 Å². The number of hydrogen-bond donors (Lipinski definition) is 0. The first-order chi connectivity index (χ1) is 15.6. The van der Waals surface area contributed by atoms with E-state index in [1.807, 2.05) is 6.92 Å². The minimum atomic E-state index is -4.54. The molecule has 0 fully saturated rings. The average molecular weight is 467 g/mol. The van der Waals surface area contributed by atoms with Crippen LogP contribution in [0.5, 0.6) is 11.5 Å². The maximum absolute atomic E-state index is 15.1. The number of unbranched alkanes of at least 4 members (excludes halogenated alkanes) is 1. The fourth-order valence-electron chi connectivity index (χ4n) is 3.47. The van der Waals surface area contributed by atoms with Crippen LogP contribution in [0.2, 0.25) is 0 Å². The van der Waals surface area contributed by atoms with Crippen molar-refractivity contribution >= 4 is 0 Å². The second kappa shape index (κ2) is 9.77. The smallest absolute Gasteiger partial charge is 0.429 e. The van der Waals surface area contributed by atoms with Gasteiger partial charge in [0.1, 0.15) is 17.1 Å². The quantitative estimate of drug-likeness (QED) is 0.308. The van der Waals surface area contributed by atoms with E-state index < -0.39 is 51.8 Å². The second-order valence-corrected chi connectivity index (χ2v) is 7.54. The van der Waals surface area contributed by atoms with E-state index in [0.717, 1.165) is 37.0 Å². The second-order valence-electron chi connectivity index (χ2n) is 7.54. The van der Waals surface area contributed by atoms with E-state index in [1.54, 1.807) is 19.1 Å². The van der Waals surface area contributed by atoms with E-state index in [9.17, 15) is 27.1 Å². The Morgan fingerprint density at radius 2 is 1.55 bits per heavy atom. The van der Waals surface area contributed by atoms with Gasteiger partial charge in [0.2, 0.25) is 0 Å². The number of halogens is 6. The molecule has 3 rings (SSSR count). The molecule has 0 saturated carbocycles. The minimum Gasteiger partial charge on any atom is -0.429 e. The lowest BCUT2D eigenvalue weighted by atomic mass is 9.97. The molecule has 0 aliphatic heterocycles. The third kappa shape index (κ3) is 4.94. The highest BCUT2D eigenvalue weighted by Crippen LogP contribution is 2.43. The molecule has 0 N–H and O–H groups in total. The Morgan fingerprint density at radius 3 is 2.15 bits per heavy atom. The SMILES string of the molecule is CCCCc1ccc(OC(F)(F)c2c(F)cc([O])c(-c3ccc(CC)c(F)c3F)c2F)cc1. The Bertz CT molecular complexity index is 1140. The molecule has 0 unspecified atom stereocenters. The summed E-state index contributed by atoms with van der Waals surface area (Å²) in [4.78, 5) is 0. The molecule has 3 aromatic rings. The van der Waals surface area contributed by atoms with Crippen molar-refractivity contribution in [1.29, 1.82) is 0 Å². The lowest BCUT2D eigenvalue weighted by Gasteiger charge is -2.21. The number of aryl methyl sites for hydroxylation is 2. The summed E-state index contributed by atoms with van der Waals surface area (Å²) in [5, 5.41) is 12.2. The van der Waals surface area contributed by atoms with E-state index in [0.29, 0.717) is 0 Å². The van der Waals surface area contributed by atoms with Crippen LogP contribution >= 0.6 is 0 Å². The van der Waals surface area contributed by atoms with Gasteiger partial charge in [-0.25, -0.2) is 17.6 Å². The van der Waals surface area contributed by atoms with Crippen LogP contribution < -0.4 is 4.74 Å². The lowest BCUT2D eigenvalue weighted by molar-refractivity contribution is -0.189. The highest BCUT2D eigenvalue weighted by Gasteiger charge is 2.43. The normalized spacial score (nSPS) is 11.6. The largest absolute Gasteiger partial charge is 0.432 e. The molecule has 0 amide bonds. The van der Waals surface area contributed by atoms with Gasteiger partial charge in [-0.3, -0.25) is 5.11 Å². The molecule has 175 valence electrons. The fourth-order valence-corrected chi connectivity index (χ4v) is 3.47. The zero-order valence-corrected chi connectivity index (χ0v) is 18.0. The Morgan fingerprint density at radius 1 is 0.879 bits per heavy atom. The van der Waals surface area contributed by atoms with Crippen LogP contribution in [0.1, 0.15) is 43.4 Å². The van der Waals surface area contributed by atoms with Crippen LogP contribution in [0.3, 0.4) is 0 Å². The van der Waals surface area contributed by atoms with E-state index in [4.69, 9.17) is 0 Å². The molecule has 0 aliphatic rings. The van der Waals surface area contributed by atoms with Crippen molar-refractivity contribution < 1.29 is 36.2 Å². The third-order valence-corrected chi connectivity index (χ3v) is 5.27. The van der Waals surface area contributed by atoms with Crippen molar-refractivity contribution in [2.24, 2.45) is 0 Å². The fraction of sp³-hybridized carbons (Fsp3) is 0.280. The zero-order chi connectivity index (χ0) is 24.3. The summed E-state index contributed by atoms with van der Waals surface area (Å²) in [5.41, 5.74) is -3.14. The van der Waals surface area contributed by atoms with Crippen molar-refractivity contribution in [3.05, 3.63) is 82.4 Å². The Balaban J connectivity index is 2.04. The van der Waals surface area contributed by atoms with Crippen molar-refractivity contribution in [1.82, 2.24) is 0 Å². The maximum Gasteiger partial charge on any atom is 0.432 e. The highest BCUT2D eigenvalue weighted by atomic mass is 19.3. The number of rotatable bonds is 8. The van der Waals surface area contributed by atoms with Crippen LogP contribution in [0.4, 0.5) is 26.3 Å². The van der Waals surface area contributed by atoms with Gasteiger partial charge in [-0.05, 0) is 42.5 Å². The first kappa shape index (κ1) is 24.5. The molecular formula is C25H21F6O2. The molecule has 3 aromatic carbocycles. The summed E-state index contributed by atoms with van der Waals surface area (Å²) in [6, 6.07) is 7.66. The van der Waals surface area contributed by atoms with Crippen LogP contribution in [0.25, 0.3) is 11.1 Å². The summed E-state index contributed by atoms with van der Waals surface area (Å²) in [5.74, 6) is -8.59. The average Bonchev–Trinajstić information content (AvgIpc) is 2.75. The van der Waals surface area contributed by atoms with Gasteiger partial charge in [-0.15, -0.1) is 0 Å². The Kier molecular flexibility index (Phi) is 7.25. The summed E-state index contributed by atoms with van der Waals surface area (Å²) in [6.07, 6.45) is -1.87. The van der Waals surface area contributed by atoms with Crippen molar-refractivity contribution in [2.75, 3.05) is 0 Å². The standard InChI is InChI=1S/C25H21F6O2/c1-3-5-6-14-7-10-16(11-8-14)33-25(30,31)21-18(26)13-19(32)20(24(21)29)17-12-9-15(4-2)22(27)23(17)28/h7-13H,3-6H2,1-2H3. The van der Waals surface area contributed by atoms with Gasteiger partial charge in [-0.2, -0.15) is 8.78 Å². The molecule has 0 aromatic heterocycles. The lowest BCUT2D eigenvalue weighted by Crippen LogP contribution is -2.25. The number of ether oxygens (including phenoxy) is 1. The van der Waals surface area contributed by atoms with Gasteiger partial charge < -0.3 is 4.74 Å². The zero-order valence-electron chi connectivity index (χ0n) is 18.0. The van der Waals surface area contributed by atoms with Gasteiger partial charge in [0.15, 0.2) is 23.2 Å². The van der Waals surface area contributed by atoms with Gasteiger partial charge in [-0.1, -0.05) is 44.5 Å². The molecule has 0 atom stereocenters. The Labute approximate surface area is 187 Å². The molecular weight excluding hydrogens is 446 g/mol. The summed E-state index contributed by atoms with van der Waals surface area (Å²) in [7, 11) is 0. The van der Waals surface area contributed by atoms with E-state index in [1.165, 1.54) is 12.1 Å². The summed E-state index contributed by atoms with van der Waals surface area (Å²) >= 11 is 0. The van der Waals surface area contributed by atoms with Crippen LogP contribution in [-0.2, 0) is 24.1 Å². The van der Waals surface area contributed by atoms with Gasteiger partial charge in [0, 0.05) is 11.6 Å². The molecule has 0 aliphatic carbocycles. The van der Waals surface area contributed by atoms with Gasteiger partial charge in [0.25, 0.3) is 0 Å². The van der Waals surface area contributed by atoms with Gasteiger partial charge >= 0.3 is 6.11 Å². The summed E-state index contributed by atoms with van der Waals surface area (Å²) < 4.78 is 92.3. The van der Waals surface area contributed by atoms with Crippen LogP contribution in [0.15, 0.2) is 42.5 Å². The number of benzene rings is 3. The van der Waals surface area contributed by atoms with Crippen molar-refractivity contribution in [3.8, 4) is 22.6 Å². The minimum absolute atomic E-state index is 0.0533. The van der Waals surface area contributed by atoms with E-state index in [-0.39, 0.29) is 23.8 Å². The molecule has 0 bridgehead atoms. The molecule has 8 heteroatoms. The van der Waals surface area contributed by atoms with E-state index in [2.05, 4.69) is 4.74 Å². The van der Waals surface area contributed by atoms with Gasteiger partial charge in [0.05, 0.1) is 5.56 Å². The molecule has 0 spiro atoms. The maximum atomic E-state index is 15.1. The Hall–Kier alpha value is -3.16. The first-order valence-electron chi connectivity index (χ1n) is 10.4. The molecule has 33 heavy (non-hydrogen) atoms. The third-order valence-electron chi connectivity index (χ3n) is 5.27. The molecule has 0 saturated heterocycles. The monoisotopic (exact) mass is 467 g/mol.